The monoisotopic (exact) mass is 306 g/mol. The maximum absolute atomic E-state index is 10.9. The summed E-state index contributed by atoms with van der Waals surface area (Å²) in [6.45, 7) is 1.35. The predicted molar refractivity (Wildman–Crippen MR) is 74.1 cm³/mol. The van der Waals surface area contributed by atoms with E-state index >= 15 is 0 Å². The third-order valence-electron chi connectivity index (χ3n) is 2.74. The van der Waals surface area contributed by atoms with Crippen molar-refractivity contribution in [3.63, 3.8) is 0 Å². The van der Waals surface area contributed by atoms with Gasteiger partial charge >= 0.3 is 0 Å². The number of benzene rings is 1. The molecule has 0 N–H and O–H groups in total. The van der Waals surface area contributed by atoms with Crippen LogP contribution in [0.4, 0.5) is 0 Å². The van der Waals surface area contributed by atoms with Gasteiger partial charge in [-0.05, 0) is 30.3 Å². The topological polar surface area (TPSA) is 96.4 Å². The second-order valence-electron chi connectivity index (χ2n) is 4.23. The summed E-state index contributed by atoms with van der Waals surface area (Å²) < 4.78 is 5.43. The molecule has 1 heterocycles. The van der Waals surface area contributed by atoms with Gasteiger partial charge in [-0.2, -0.15) is 0 Å². The van der Waals surface area contributed by atoms with Crippen LogP contribution in [-0.4, -0.2) is 10.9 Å². The summed E-state index contributed by atoms with van der Waals surface area (Å²) >= 11 is 5.75. The van der Waals surface area contributed by atoms with Crippen LogP contribution < -0.4 is 5.11 Å². The molecule has 0 atom stereocenters. The number of rotatable bonds is 4. The molecule has 7 heteroatoms. The minimum Gasteiger partial charge on any atom is -0.545 e. The van der Waals surface area contributed by atoms with Crippen molar-refractivity contribution >= 4 is 23.6 Å². The minimum absolute atomic E-state index is 0.0645. The largest absolute Gasteiger partial charge is 0.545 e. The van der Waals surface area contributed by atoms with E-state index in [-0.39, 0.29) is 16.3 Å². The quantitative estimate of drug-likeness (QED) is 0.639. The van der Waals surface area contributed by atoms with Gasteiger partial charge in [-0.15, -0.1) is 0 Å². The third kappa shape index (κ3) is 3.29. The van der Waals surface area contributed by atoms with Crippen molar-refractivity contribution in [1.82, 2.24) is 0 Å². The van der Waals surface area contributed by atoms with Crippen LogP contribution in [0.3, 0.4) is 0 Å². The summed E-state index contributed by atoms with van der Waals surface area (Å²) in [5.41, 5.74) is 0.267. The Hall–Kier alpha value is -2.60. The fourth-order valence-corrected chi connectivity index (χ4v) is 1.87. The first kappa shape index (κ1) is 14.8. The average Bonchev–Trinajstić information content (AvgIpc) is 2.87. The summed E-state index contributed by atoms with van der Waals surface area (Å²) in [5, 5.41) is 21.5. The van der Waals surface area contributed by atoms with Crippen molar-refractivity contribution in [1.29, 1.82) is 0 Å². The molecule has 6 nitrogen and oxygen atoms in total. The zero-order valence-electron chi connectivity index (χ0n) is 10.8. The molecular weight excluding hydrogens is 298 g/mol. The number of hydrogen-bond acceptors (Lipinski definition) is 5. The van der Waals surface area contributed by atoms with Crippen LogP contribution in [0.15, 0.2) is 40.4 Å². The minimum atomic E-state index is -1.39. The molecule has 2 rings (SSSR count). The van der Waals surface area contributed by atoms with Gasteiger partial charge in [-0.25, -0.2) is 0 Å². The van der Waals surface area contributed by atoms with E-state index in [4.69, 9.17) is 16.0 Å². The number of carbonyl (C=O) groups excluding carboxylic acids is 1. The number of carboxylic acid groups (broad SMARTS) is 1. The Labute approximate surface area is 124 Å². The highest BCUT2D eigenvalue weighted by Gasteiger charge is 2.10. The maximum Gasteiger partial charge on any atom is 0.246 e. The van der Waals surface area contributed by atoms with Gasteiger partial charge in [0.25, 0.3) is 0 Å². The molecule has 0 amide bonds. The highest BCUT2D eigenvalue weighted by atomic mass is 35.5. The van der Waals surface area contributed by atoms with E-state index in [1.807, 2.05) is 0 Å². The fourth-order valence-electron chi connectivity index (χ4n) is 1.68. The first-order valence-electron chi connectivity index (χ1n) is 5.82. The van der Waals surface area contributed by atoms with Gasteiger partial charge in [0.1, 0.15) is 11.5 Å². The SMILES string of the molecule is C/C(=C\c1ccc(-c2ccc(Cl)c(C(=O)[O-])c2)o1)[N+](=O)[O-]. The fraction of sp³-hybridized carbons (Fsp3) is 0.0714. The Bertz CT molecular complexity index is 748. The number of halogens is 1. The van der Waals surface area contributed by atoms with Crippen molar-refractivity contribution in [2.24, 2.45) is 0 Å². The van der Waals surface area contributed by atoms with Crippen molar-refractivity contribution in [2.45, 2.75) is 6.92 Å². The van der Waals surface area contributed by atoms with Gasteiger partial charge < -0.3 is 14.3 Å². The van der Waals surface area contributed by atoms with Gasteiger partial charge in [0.15, 0.2) is 0 Å². The van der Waals surface area contributed by atoms with Crippen molar-refractivity contribution in [2.75, 3.05) is 0 Å². The number of carbonyl (C=O) groups is 1. The second-order valence-corrected chi connectivity index (χ2v) is 4.63. The van der Waals surface area contributed by atoms with Gasteiger partial charge in [0.2, 0.25) is 5.70 Å². The Balaban J connectivity index is 2.38. The predicted octanol–water partition coefficient (Wildman–Crippen LogP) is 2.60. The van der Waals surface area contributed by atoms with Crippen molar-refractivity contribution in [3.05, 3.63) is 62.5 Å². The number of nitro groups is 1. The van der Waals surface area contributed by atoms with Crippen molar-refractivity contribution < 1.29 is 19.2 Å². The molecule has 0 bridgehead atoms. The zero-order chi connectivity index (χ0) is 15.6. The van der Waals surface area contributed by atoms with Crippen molar-refractivity contribution in [3.8, 4) is 11.3 Å². The molecule has 0 aliphatic rings. The number of aromatic carboxylic acids is 1. The van der Waals surface area contributed by atoms with Crippen LogP contribution in [-0.2, 0) is 0 Å². The third-order valence-corrected chi connectivity index (χ3v) is 3.07. The molecule has 21 heavy (non-hydrogen) atoms. The first-order valence-corrected chi connectivity index (χ1v) is 6.20. The smallest absolute Gasteiger partial charge is 0.246 e. The molecule has 0 saturated carbocycles. The Kier molecular flexibility index (Phi) is 4.09. The van der Waals surface area contributed by atoms with E-state index in [0.29, 0.717) is 17.1 Å². The number of allylic oxidation sites excluding steroid dienone is 1. The van der Waals surface area contributed by atoms with E-state index in [2.05, 4.69) is 0 Å². The molecule has 0 aliphatic carbocycles. The summed E-state index contributed by atoms with van der Waals surface area (Å²) in [5.74, 6) is -0.724. The van der Waals surface area contributed by atoms with Gasteiger partial charge in [-0.3, -0.25) is 10.1 Å². The molecule has 0 unspecified atom stereocenters. The van der Waals surface area contributed by atoms with E-state index < -0.39 is 10.9 Å². The van der Waals surface area contributed by atoms with Crippen LogP contribution in [0.1, 0.15) is 23.0 Å². The Morgan fingerprint density at radius 1 is 1.33 bits per heavy atom. The van der Waals surface area contributed by atoms with Gasteiger partial charge in [0, 0.05) is 23.1 Å². The lowest BCUT2D eigenvalue weighted by atomic mass is 10.1. The molecule has 2 aromatic rings. The van der Waals surface area contributed by atoms with Crippen LogP contribution in [0.25, 0.3) is 17.4 Å². The molecule has 1 aromatic heterocycles. The van der Waals surface area contributed by atoms with Crippen LogP contribution in [0.2, 0.25) is 5.02 Å². The molecule has 0 fully saturated rings. The summed E-state index contributed by atoms with van der Waals surface area (Å²) in [6.07, 6.45) is 1.28. The molecule has 0 aliphatic heterocycles. The number of nitrogens with zero attached hydrogens (tertiary/aromatic N) is 1. The summed E-state index contributed by atoms with van der Waals surface area (Å²) in [7, 11) is 0. The number of hydrogen-bond donors (Lipinski definition) is 0. The van der Waals surface area contributed by atoms with E-state index in [1.165, 1.54) is 25.1 Å². The lowest BCUT2D eigenvalue weighted by Gasteiger charge is -2.06. The lowest BCUT2D eigenvalue weighted by molar-refractivity contribution is -0.422. The van der Waals surface area contributed by atoms with Crippen LogP contribution in [0.5, 0.6) is 0 Å². The molecule has 0 saturated heterocycles. The molecule has 0 radical (unpaired) electrons. The summed E-state index contributed by atoms with van der Waals surface area (Å²) in [6, 6.07) is 7.46. The van der Waals surface area contributed by atoms with Crippen LogP contribution in [0, 0.1) is 10.1 Å². The number of carboxylic acids is 1. The molecule has 108 valence electrons. The highest BCUT2D eigenvalue weighted by molar-refractivity contribution is 6.33. The summed E-state index contributed by atoms with van der Waals surface area (Å²) in [4.78, 5) is 20.9. The molecule has 0 spiro atoms. The molecule has 1 aromatic carbocycles. The normalized spacial score (nSPS) is 11.4. The number of furan rings is 1. The van der Waals surface area contributed by atoms with E-state index in [1.54, 1.807) is 18.2 Å². The lowest BCUT2D eigenvalue weighted by Crippen LogP contribution is -2.22. The first-order chi connectivity index (χ1) is 9.88. The average molecular weight is 307 g/mol. The highest BCUT2D eigenvalue weighted by Crippen LogP contribution is 2.27. The Morgan fingerprint density at radius 3 is 2.67 bits per heavy atom. The zero-order valence-corrected chi connectivity index (χ0v) is 11.6. The standard InChI is InChI=1S/C14H10ClNO5/c1-8(16(19)20)6-10-3-5-13(21-10)9-2-4-12(15)11(7-9)14(17)18/h2-7H,1H3,(H,17,18)/p-1/b8-6+. The van der Waals surface area contributed by atoms with E-state index in [9.17, 15) is 20.0 Å². The Morgan fingerprint density at radius 2 is 2.05 bits per heavy atom. The van der Waals surface area contributed by atoms with Gasteiger partial charge in [-0.1, -0.05) is 11.6 Å². The second kappa shape index (κ2) is 5.80. The van der Waals surface area contributed by atoms with Crippen LogP contribution >= 0.6 is 11.6 Å². The maximum atomic E-state index is 10.9. The van der Waals surface area contributed by atoms with E-state index in [0.717, 1.165) is 0 Å². The van der Waals surface area contributed by atoms with Gasteiger partial charge in [0.05, 0.1) is 17.0 Å². The molecular formula is C14H9ClNO5-.